The van der Waals surface area contributed by atoms with Gasteiger partial charge >= 0.3 is 5.76 Å². The van der Waals surface area contributed by atoms with Crippen LogP contribution in [0.5, 0.6) is 0 Å². The molecule has 1 amide bonds. The normalized spacial score (nSPS) is 10.8. The maximum Gasteiger partial charge on any atom is 0.417 e. The number of halogens is 1. The molecular formula is C17H15ClN2O3. The summed E-state index contributed by atoms with van der Waals surface area (Å²) in [6, 6.07) is 12.7. The summed E-state index contributed by atoms with van der Waals surface area (Å²) >= 11 is 5.84. The van der Waals surface area contributed by atoms with Gasteiger partial charge in [0.25, 0.3) is 0 Å². The van der Waals surface area contributed by atoms with Crippen molar-refractivity contribution in [1.29, 1.82) is 0 Å². The molecule has 2 aromatic carbocycles. The Morgan fingerprint density at radius 3 is 2.74 bits per heavy atom. The Balaban J connectivity index is 1.53. The average molecular weight is 331 g/mol. The predicted octanol–water partition coefficient (Wildman–Crippen LogP) is 3.74. The molecular weight excluding hydrogens is 316 g/mol. The fourth-order valence-corrected chi connectivity index (χ4v) is 2.48. The van der Waals surface area contributed by atoms with Crippen LogP contribution in [0.1, 0.15) is 18.4 Å². The Kier molecular flexibility index (Phi) is 4.48. The molecule has 23 heavy (non-hydrogen) atoms. The number of nitrogens with one attached hydrogen (secondary N) is 2. The lowest BCUT2D eigenvalue weighted by molar-refractivity contribution is -0.116. The van der Waals surface area contributed by atoms with Gasteiger partial charge in [-0.05, 0) is 42.7 Å². The standard InChI is InChI=1S/C17H15ClN2O3/c18-12-6-4-11(5-7-12)2-1-3-16(21)19-13-8-9-14-15(10-13)23-17(22)20-14/h4-10H,1-3H2,(H,19,21)(H,20,22). The van der Waals surface area contributed by atoms with E-state index in [0.717, 1.165) is 18.4 Å². The van der Waals surface area contributed by atoms with E-state index >= 15 is 0 Å². The van der Waals surface area contributed by atoms with Crippen molar-refractivity contribution in [3.8, 4) is 0 Å². The maximum absolute atomic E-state index is 12.0. The number of oxazole rings is 1. The zero-order valence-corrected chi connectivity index (χ0v) is 13.0. The molecule has 118 valence electrons. The fourth-order valence-electron chi connectivity index (χ4n) is 2.35. The second-order valence-electron chi connectivity index (χ2n) is 5.25. The number of H-pyrrole nitrogens is 1. The summed E-state index contributed by atoms with van der Waals surface area (Å²) in [7, 11) is 0. The molecule has 0 saturated carbocycles. The van der Waals surface area contributed by atoms with Gasteiger partial charge in [-0.2, -0.15) is 0 Å². The van der Waals surface area contributed by atoms with E-state index in [4.69, 9.17) is 16.0 Å². The number of aromatic nitrogens is 1. The quantitative estimate of drug-likeness (QED) is 0.748. The number of aryl methyl sites for hydroxylation is 1. The van der Waals surface area contributed by atoms with Crippen LogP contribution in [0.4, 0.5) is 5.69 Å². The van der Waals surface area contributed by atoms with E-state index in [1.807, 2.05) is 24.3 Å². The van der Waals surface area contributed by atoms with Crippen molar-refractivity contribution in [3.05, 3.63) is 63.6 Å². The molecule has 0 radical (unpaired) electrons. The predicted molar refractivity (Wildman–Crippen MR) is 89.9 cm³/mol. The maximum atomic E-state index is 12.0. The van der Waals surface area contributed by atoms with Gasteiger partial charge in [-0.3, -0.25) is 9.78 Å². The Labute approximate surface area is 137 Å². The molecule has 0 unspecified atom stereocenters. The first-order valence-corrected chi connectivity index (χ1v) is 7.65. The van der Waals surface area contributed by atoms with Crippen molar-refractivity contribution in [1.82, 2.24) is 4.98 Å². The van der Waals surface area contributed by atoms with Crippen molar-refractivity contribution in [2.75, 3.05) is 5.32 Å². The van der Waals surface area contributed by atoms with Crippen molar-refractivity contribution >= 4 is 34.3 Å². The Hall–Kier alpha value is -2.53. The molecule has 2 N–H and O–H groups in total. The number of carbonyl (C=O) groups excluding carboxylic acids is 1. The van der Waals surface area contributed by atoms with E-state index in [2.05, 4.69) is 10.3 Å². The molecule has 0 spiro atoms. The molecule has 1 aromatic heterocycles. The minimum atomic E-state index is -0.508. The smallest absolute Gasteiger partial charge is 0.408 e. The van der Waals surface area contributed by atoms with E-state index in [-0.39, 0.29) is 5.91 Å². The summed E-state index contributed by atoms with van der Waals surface area (Å²) in [4.78, 5) is 25.6. The minimum absolute atomic E-state index is 0.0730. The molecule has 6 heteroatoms. The number of anilines is 1. The molecule has 0 saturated heterocycles. The monoisotopic (exact) mass is 330 g/mol. The van der Waals surface area contributed by atoms with Gasteiger partial charge in [0.05, 0.1) is 5.52 Å². The molecule has 0 fully saturated rings. The number of fused-ring (bicyclic) bond motifs is 1. The van der Waals surface area contributed by atoms with E-state index in [1.54, 1.807) is 18.2 Å². The molecule has 0 bridgehead atoms. The fraction of sp³-hybridized carbons (Fsp3) is 0.176. The number of rotatable bonds is 5. The third-order valence-electron chi connectivity index (χ3n) is 3.49. The van der Waals surface area contributed by atoms with Crippen LogP contribution < -0.4 is 11.1 Å². The van der Waals surface area contributed by atoms with E-state index in [9.17, 15) is 9.59 Å². The topological polar surface area (TPSA) is 75.1 Å². The Morgan fingerprint density at radius 1 is 1.17 bits per heavy atom. The molecule has 0 aliphatic rings. The van der Waals surface area contributed by atoms with Gasteiger partial charge in [-0.25, -0.2) is 4.79 Å². The summed E-state index contributed by atoms with van der Waals surface area (Å²) < 4.78 is 4.97. The van der Waals surface area contributed by atoms with Crippen molar-refractivity contribution < 1.29 is 9.21 Å². The van der Waals surface area contributed by atoms with Gasteiger partial charge in [0, 0.05) is 23.2 Å². The third-order valence-corrected chi connectivity index (χ3v) is 3.74. The lowest BCUT2D eigenvalue weighted by Gasteiger charge is -2.05. The third kappa shape index (κ3) is 4.02. The Morgan fingerprint density at radius 2 is 1.96 bits per heavy atom. The molecule has 0 atom stereocenters. The Bertz CT molecular complexity index is 881. The number of hydrogen-bond acceptors (Lipinski definition) is 3. The van der Waals surface area contributed by atoms with Gasteiger partial charge in [-0.15, -0.1) is 0 Å². The number of hydrogen-bond donors (Lipinski definition) is 2. The number of aromatic amines is 1. The zero-order chi connectivity index (χ0) is 16.2. The van der Waals surface area contributed by atoms with Crippen LogP contribution in [-0.2, 0) is 11.2 Å². The van der Waals surface area contributed by atoms with Crippen LogP contribution in [0.15, 0.2) is 51.7 Å². The van der Waals surface area contributed by atoms with E-state index < -0.39 is 5.76 Å². The van der Waals surface area contributed by atoms with Gasteiger partial charge in [0.15, 0.2) is 5.58 Å². The van der Waals surface area contributed by atoms with Crippen LogP contribution in [0, 0.1) is 0 Å². The summed E-state index contributed by atoms with van der Waals surface area (Å²) in [5, 5.41) is 3.51. The van der Waals surface area contributed by atoms with Crippen LogP contribution in [0.2, 0.25) is 5.02 Å². The molecule has 5 nitrogen and oxygen atoms in total. The number of carbonyl (C=O) groups is 1. The highest BCUT2D eigenvalue weighted by atomic mass is 35.5. The highest BCUT2D eigenvalue weighted by Crippen LogP contribution is 2.17. The average Bonchev–Trinajstić information content (AvgIpc) is 2.88. The van der Waals surface area contributed by atoms with Gasteiger partial charge < -0.3 is 9.73 Å². The summed E-state index contributed by atoms with van der Waals surface area (Å²) in [5.74, 6) is -0.581. The second-order valence-corrected chi connectivity index (χ2v) is 5.69. The number of benzene rings is 2. The van der Waals surface area contributed by atoms with Crippen molar-refractivity contribution in [2.24, 2.45) is 0 Å². The first-order chi connectivity index (χ1) is 11.1. The van der Waals surface area contributed by atoms with Crippen LogP contribution in [0.3, 0.4) is 0 Å². The second kappa shape index (κ2) is 6.71. The van der Waals surface area contributed by atoms with Crippen LogP contribution >= 0.6 is 11.6 Å². The SMILES string of the molecule is O=C(CCCc1ccc(Cl)cc1)Nc1ccc2[nH]c(=O)oc2c1. The zero-order valence-electron chi connectivity index (χ0n) is 12.3. The van der Waals surface area contributed by atoms with Crippen LogP contribution in [0.25, 0.3) is 11.1 Å². The van der Waals surface area contributed by atoms with Gasteiger partial charge in [-0.1, -0.05) is 23.7 Å². The minimum Gasteiger partial charge on any atom is -0.408 e. The molecule has 3 rings (SSSR count). The largest absolute Gasteiger partial charge is 0.417 e. The van der Waals surface area contributed by atoms with E-state index in [0.29, 0.717) is 28.2 Å². The highest BCUT2D eigenvalue weighted by molar-refractivity contribution is 6.30. The van der Waals surface area contributed by atoms with Crippen molar-refractivity contribution in [2.45, 2.75) is 19.3 Å². The molecule has 0 aliphatic carbocycles. The highest BCUT2D eigenvalue weighted by Gasteiger charge is 2.06. The summed E-state index contributed by atoms with van der Waals surface area (Å²) in [5.41, 5.74) is 2.79. The van der Waals surface area contributed by atoms with Gasteiger partial charge in [0.1, 0.15) is 0 Å². The molecule has 1 heterocycles. The number of amides is 1. The summed E-state index contributed by atoms with van der Waals surface area (Å²) in [6.45, 7) is 0. The van der Waals surface area contributed by atoms with Gasteiger partial charge in [0.2, 0.25) is 5.91 Å². The lowest BCUT2D eigenvalue weighted by Crippen LogP contribution is -2.11. The van der Waals surface area contributed by atoms with E-state index in [1.165, 1.54) is 0 Å². The lowest BCUT2D eigenvalue weighted by atomic mass is 10.1. The first kappa shape index (κ1) is 15.4. The first-order valence-electron chi connectivity index (χ1n) is 7.27. The van der Waals surface area contributed by atoms with Crippen LogP contribution in [-0.4, -0.2) is 10.9 Å². The molecule has 0 aliphatic heterocycles. The van der Waals surface area contributed by atoms with Crippen molar-refractivity contribution in [3.63, 3.8) is 0 Å². The summed E-state index contributed by atoms with van der Waals surface area (Å²) in [6.07, 6.45) is 1.98. The molecule has 3 aromatic rings.